The van der Waals surface area contributed by atoms with Gasteiger partial charge >= 0.3 is 0 Å². The number of benzene rings is 1. The SMILES string of the molecule is CC.Cc1cc(OCc2nccn2C)cc(=O)n1Cc1ccc(C#CC2CC2)cc1. The third-order valence-corrected chi connectivity index (χ3v) is 4.89. The predicted octanol–water partition coefficient (Wildman–Crippen LogP) is 4.31. The van der Waals surface area contributed by atoms with Gasteiger partial charge in [0.2, 0.25) is 0 Å². The van der Waals surface area contributed by atoms with Gasteiger partial charge in [-0.2, -0.15) is 0 Å². The van der Waals surface area contributed by atoms with Gasteiger partial charge in [0.15, 0.2) is 0 Å². The number of pyridine rings is 1. The average molecular weight is 404 g/mol. The summed E-state index contributed by atoms with van der Waals surface area (Å²) in [7, 11) is 1.91. The molecular formula is C25H29N3O2. The van der Waals surface area contributed by atoms with Gasteiger partial charge in [0.25, 0.3) is 5.56 Å². The van der Waals surface area contributed by atoms with E-state index in [0.717, 1.165) is 22.6 Å². The van der Waals surface area contributed by atoms with Crippen LogP contribution in [0.3, 0.4) is 0 Å². The van der Waals surface area contributed by atoms with Crippen LogP contribution in [0, 0.1) is 24.7 Å². The lowest BCUT2D eigenvalue weighted by atomic mass is 10.1. The van der Waals surface area contributed by atoms with Crippen molar-refractivity contribution < 1.29 is 4.74 Å². The van der Waals surface area contributed by atoms with Gasteiger partial charge in [-0.05, 0) is 43.5 Å². The Bertz CT molecular complexity index is 1090. The van der Waals surface area contributed by atoms with Gasteiger partial charge in [0.05, 0.1) is 6.54 Å². The van der Waals surface area contributed by atoms with Crippen molar-refractivity contribution in [1.82, 2.24) is 14.1 Å². The summed E-state index contributed by atoms with van der Waals surface area (Å²) in [5.74, 6) is 8.45. The molecule has 1 aromatic carbocycles. The molecule has 3 aromatic rings. The molecule has 0 spiro atoms. The van der Waals surface area contributed by atoms with Crippen LogP contribution in [0.4, 0.5) is 0 Å². The number of rotatable bonds is 5. The van der Waals surface area contributed by atoms with E-state index in [4.69, 9.17) is 4.74 Å². The lowest BCUT2D eigenvalue weighted by molar-refractivity contribution is 0.290. The summed E-state index contributed by atoms with van der Waals surface area (Å²) >= 11 is 0. The van der Waals surface area contributed by atoms with E-state index in [1.165, 1.54) is 18.9 Å². The molecule has 0 atom stereocenters. The molecule has 1 aliphatic rings. The Morgan fingerprint density at radius 2 is 1.90 bits per heavy atom. The molecule has 0 aliphatic heterocycles. The fraction of sp³-hybridized carbons (Fsp3) is 0.360. The third-order valence-electron chi connectivity index (χ3n) is 4.89. The molecule has 5 heteroatoms. The molecule has 0 N–H and O–H groups in total. The Morgan fingerprint density at radius 3 is 2.50 bits per heavy atom. The second kappa shape index (κ2) is 9.98. The maximum Gasteiger partial charge on any atom is 0.254 e. The number of aromatic nitrogens is 3. The Labute approximate surface area is 178 Å². The van der Waals surface area contributed by atoms with E-state index in [2.05, 4.69) is 16.8 Å². The fourth-order valence-corrected chi connectivity index (χ4v) is 2.96. The van der Waals surface area contributed by atoms with Crippen LogP contribution in [0.15, 0.2) is 53.6 Å². The molecular weight excluding hydrogens is 374 g/mol. The first-order valence-corrected chi connectivity index (χ1v) is 10.5. The van der Waals surface area contributed by atoms with Gasteiger partial charge in [0, 0.05) is 42.7 Å². The van der Waals surface area contributed by atoms with Crippen molar-refractivity contribution in [2.24, 2.45) is 13.0 Å². The van der Waals surface area contributed by atoms with Crippen LogP contribution in [-0.4, -0.2) is 14.1 Å². The minimum atomic E-state index is -0.0764. The molecule has 4 rings (SSSR count). The molecule has 0 amide bonds. The van der Waals surface area contributed by atoms with Crippen molar-refractivity contribution in [3.8, 4) is 17.6 Å². The summed E-state index contributed by atoms with van der Waals surface area (Å²) < 4.78 is 9.40. The van der Waals surface area contributed by atoms with Crippen LogP contribution < -0.4 is 10.3 Å². The van der Waals surface area contributed by atoms with Crippen LogP contribution in [0.2, 0.25) is 0 Å². The van der Waals surface area contributed by atoms with E-state index in [0.29, 0.717) is 24.8 Å². The number of hydrogen-bond acceptors (Lipinski definition) is 3. The summed E-state index contributed by atoms with van der Waals surface area (Å²) in [6.07, 6.45) is 6.05. The van der Waals surface area contributed by atoms with Gasteiger partial charge < -0.3 is 13.9 Å². The van der Waals surface area contributed by atoms with Crippen molar-refractivity contribution in [3.63, 3.8) is 0 Å². The van der Waals surface area contributed by atoms with Gasteiger partial charge in [-0.25, -0.2) is 4.98 Å². The van der Waals surface area contributed by atoms with Crippen molar-refractivity contribution >= 4 is 0 Å². The highest BCUT2D eigenvalue weighted by molar-refractivity contribution is 5.37. The summed E-state index contributed by atoms with van der Waals surface area (Å²) in [4.78, 5) is 16.8. The second-order valence-electron chi connectivity index (χ2n) is 7.24. The standard InChI is InChI=1S/C23H23N3O2.C2H6/c1-17-13-21(28-16-22-24-11-12-25(22)2)14-23(27)26(17)15-20-9-7-19(8-10-20)6-5-18-3-4-18;1-2/h7-14,18H,3-4,15-16H2,1-2H3;1-2H3. The molecule has 1 aliphatic carbocycles. The smallest absolute Gasteiger partial charge is 0.254 e. The summed E-state index contributed by atoms with van der Waals surface area (Å²) in [6, 6.07) is 11.5. The highest BCUT2D eigenvalue weighted by Gasteiger charge is 2.17. The van der Waals surface area contributed by atoms with Gasteiger partial charge in [-0.1, -0.05) is 37.8 Å². The number of ether oxygens (including phenoxy) is 1. The first-order valence-electron chi connectivity index (χ1n) is 10.5. The maximum absolute atomic E-state index is 12.6. The van der Waals surface area contributed by atoms with Crippen LogP contribution in [0.5, 0.6) is 5.75 Å². The Morgan fingerprint density at radius 1 is 1.17 bits per heavy atom. The zero-order valence-electron chi connectivity index (χ0n) is 18.2. The zero-order chi connectivity index (χ0) is 21.5. The average Bonchev–Trinajstić information content (AvgIpc) is 3.50. The van der Waals surface area contributed by atoms with Crippen molar-refractivity contribution in [3.05, 3.63) is 81.8 Å². The first-order chi connectivity index (χ1) is 14.6. The zero-order valence-corrected chi connectivity index (χ0v) is 18.2. The molecule has 0 unspecified atom stereocenters. The lowest BCUT2D eigenvalue weighted by Crippen LogP contribution is -2.22. The minimum Gasteiger partial charge on any atom is -0.485 e. The van der Waals surface area contributed by atoms with Crippen LogP contribution in [-0.2, 0) is 20.2 Å². The van der Waals surface area contributed by atoms with Crippen molar-refractivity contribution in [2.75, 3.05) is 0 Å². The predicted molar refractivity (Wildman–Crippen MR) is 119 cm³/mol. The molecule has 5 nitrogen and oxygen atoms in total. The number of hydrogen-bond donors (Lipinski definition) is 0. The number of aryl methyl sites for hydroxylation is 2. The molecule has 0 bridgehead atoms. The first kappa shape index (κ1) is 21.4. The highest BCUT2D eigenvalue weighted by atomic mass is 16.5. The molecule has 0 radical (unpaired) electrons. The molecule has 0 saturated heterocycles. The molecule has 30 heavy (non-hydrogen) atoms. The van der Waals surface area contributed by atoms with Crippen LogP contribution >= 0.6 is 0 Å². The quantitative estimate of drug-likeness (QED) is 0.597. The largest absolute Gasteiger partial charge is 0.485 e. The number of nitrogens with zero attached hydrogens (tertiary/aromatic N) is 3. The summed E-state index contributed by atoms with van der Waals surface area (Å²) in [5, 5.41) is 0. The Kier molecular flexibility index (Phi) is 7.13. The van der Waals surface area contributed by atoms with Crippen LogP contribution in [0.25, 0.3) is 0 Å². The molecule has 2 aromatic heterocycles. The summed E-state index contributed by atoms with van der Waals surface area (Å²) in [6.45, 7) is 6.78. The second-order valence-corrected chi connectivity index (χ2v) is 7.24. The van der Waals surface area contributed by atoms with E-state index < -0.39 is 0 Å². The number of imidazole rings is 1. The normalized spacial score (nSPS) is 12.4. The molecule has 156 valence electrons. The van der Waals surface area contributed by atoms with Gasteiger partial charge in [-0.3, -0.25) is 4.79 Å². The molecule has 2 heterocycles. The minimum absolute atomic E-state index is 0.0764. The maximum atomic E-state index is 12.6. The monoisotopic (exact) mass is 403 g/mol. The van der Waals surface area contributed by atoms with E-state index in [1.54, 1.807) is 10.8 Å². The van der Waals surface area contributed by atoms with E-state index in [1.807, 2.05) is 68.9 Å². The Hall–Kier alpha value is -3.26. The van der Waals surface area contributed by atoms with E-state index >= 15 is 0 Å². The van der Waals surface area contributed by atoms with E-state index in [-0.39, 0.29) is 5.56 Å². The van der Waals surface area contributed by atoms with Gasteiger partial charge in [-0.15, -0.1) is 0 Å². The van der Waals surface area contributed by atoms with Crippen molar-refractivity contribution in [2.45, 2.75) is 46.8 Å². The Balaban J connectivity index is 0.00000124. The summed E-state index contributed by atoms with van der Waals surface area (Å²) in [5.41, 5.74) is 2.88. The third kappa shape index (κ3) is 5.64. The highest BCUT2D eigenvalue weighted by Crippen LogP contribution is 2.27. The van der Waals surface area contributed by atoms with Crippen molar-refractivity contribution in [1.29, 1.82) is 0 Å². The van der Waals surface area contributed by atoms with E-state index in [9.17, 15) is 4.79 Å². The van der Waals surface area contributed by atoms with Gasteiger partial charge in [0.1, 0.15) is 18.2 Å². The fourth-order valence-electron chi connectivity index (χ4n) is 2.96. The molecule has 1 saturated carbocycles. The lowest BCUT2D eigenvalue weighted by Gasteiger charge is -2.13. The topological polar surface area (TPSA) is 49.1 Å². The van der Waals surface area contributed by atoms with Crippen LogP contribution in [0.1, 0.15) is 49.3 Å². The molecule has 1 fully saturated rings.